The lowest BCUT2D eigenvalue weighted by atomic mass is 9.97. The van der Waals surface area contributed by atoms with Crippen LogP contribution in [0.3, 0.4) is 0 Å². The highest BCUT2D eigenvalue weighted by atomic mass is 32.2. The van der Waals surface area contributed by atoms with E-state index in [1.165, 1.54) is 42.7 Å². The van der Waals surface area contributed by atoms with Gasteiger partial charge in [-0.3, -0.25) is 0 Å². The summed E-state index contributed by atoms with van der Waals surface area (Å²) in [7, 11) is -3.47. The van der Waals surface area contributed by atoms with Crippen LogP contribution in [-0.2, 0) is 10.0 Å². The maximum atomic E-state index is 12.0. The van der Waals surface area contributed by atoms with Crippen molar-refractivity contribution >= 4 is 10.0 Å². The predicted octanol–water partition coefficient (Wildman–Crippen LogP) is 2.56. The van der Waals surface area contributed by atoms with Crippen LogP contribution < -0.4 is 4.72 Å². The van der Waals surface area contributed by atoms with E-state index in [1.54, 1.807) is 0 Å². The van der Waals surface area contributed by atoms with Crippen LogP contribution in [0.5, 0.6) is 5.75 Å². The molecule has 1 aliphatic rings. The SMILES string of the molecule is O=S(=O)(NCCC1=CCCCC1)c1ccc(O)cc1. The van der Waals surface area contributed by atoms with Crippen molar-refractivity contribution in [2.45, 2.75) is 37.0 Å². The molecule has 0 aromatic heterocycles. The molecule has 2 N–H and O–H groups in total. The highest BCUT2D eigenvalue weighted by molar-refractivity contribution is 7.89. The fourth-order valence-electron chi connectivity index (χ4n) is 2.19. The summed E-state index contributed by atoms with van der Waals surface area (Å²) in [6, 6.07) is 5.55. The van der Waals surface area contributed by atoms with Crippen LogP contribution in [0.15, 0.2) is 40.8 Å². The molecule has 0 atom stereocenters. The third-order valence-corrected chi connectivity index (χ3v) is 4.75. The highest BCUT2D eigenvalue weighted by Gasteiger charge is 2.13. The van der Waals surface area contributed by atoms with E-state index in [1.807, 2.05) is 0 Å². The van der Waals surface area contributed by atoms with Crippen molar-refractivity contribution in [2.24, 2.45) is 0 Å². The second-order valence-corrected chi connectivity index (χ2v) is 6.52. The van der Waals surface area contributed by atoms with Crippen molar-refractivity contribution in [3.05, 3.63) is 35.9 Å². The molecule has 0 saturated carbocycles. The van der Waals surface area contributed by atoms with Gasteiger partial charge < -0.3 is 5.11 Å². The minimum Gasteiger partial charge on any atom is -0.508 e. The first-order valence-electron chi connectivity index (χ1n) is 6.54. The van der Waals surface area contributed by atoms with Crippen LogP contribution in [0.2, 0.25) is 0 Å². The monoisotopic (exact) mass is 281 g/mol. The first-order chi connectivity index (χ1) is 9.08. The summed E-state index contributed by atoms with van der Waals surface area (Å²) in [6.45, 7) is 0.426. The molecule has 0 radical (unpaired) electrons. The maximum Gasteiger partial charge on any atom is 0.240 e. The van der Waals surface area contributed by atoms with Crippen molar-refractivity contribution in [2.75, 3.05) is 6.54 Å². The Morgan fingerprint density at radius 2 is 1.89 bits per heavy atom. The van der Waals surface area contributed by atoms with E-state index in [0.717, 1.165) is 19.3 Å². The lowest BCUT2D eigenvalue weighted by Gasteiger charge is -2.13. The molecule has 0 amide bonds. The summed E-state index contributed by atoms with van der Waals surface area (Å²) in [5, 5.41) is 9.15. The number of nitrogens with one attached hydrogen (secondary N) is 1. The van der Waals surface area contributed by atoms with E-state index in [2.05, 4.69) is 10.8 Å². The summed E-state index contributed by atoms with van der Waals surface area (Å²) in [5.41, 5.74) is 1.35. The van der Waals surface area contributed by atoms with E-state index in [0.29, 0.717) is 6.54 Å². The third-order valence-electron chi connectivity index (χ3n) is 3.27. The molecule has 1 aromatic rings. The number of allylic oxidation sites excluding steroid dienone is 1. The predicted molar refractivity (Wildman–Crippen MR) is 74.5 cm³/mol. The smallest absolute Gasteiger partial charge is 0.240 e. The Morgan fingerprint density at radius 1 is 1.16 bits per heavy atom. The van der Waals surface area contributed by atoms with Gasteiger partial charge in [0.05, 0.1) is 4.90 Å². The number of hydrogen-bond acceptors (Lipinski definition) is 3. The van der Waals surface area contributed by atoms with Gasteiger partial charge in [0.25, 0.3) is 0 Å². The molecule has 0 saturated heterocycles. The molecule has 0 unspecified atom stereocenters. The maximum absolute atomic E-state index is 12.0. The standard InChI is InChI=1S/C14H19NO3S/c16-13-6-8-14(9-7-13)19(17,18)15-11-10-12-4-2-1-3-5-12/h4,6-9,15-16H,1-3,5,10-11H2. The normalized spacial score (nSPS) is 16.1. The summed E-state index contributed by atoms with van der Waals surface area (Å²) < 4.78 is 26.5. The number of rotatable bonds is 5. The molecule has 0 spiro atoms. The fraction of sp³-hybridized carbons (Fsp3) is 0.429. The zero-order valence-corrected chi connectivity index (χ0v) is 11.6. The fourth-order valence-corrected chi connectivity index (χ4v) is 3.22. The lowest BCUT2D eigenvalue weighted by Crippen LogP contribution is -2.25. The van der Waals surface area contributed by atoms with Gasteiger partial charge in [-0.05, 0) is 56.4 Å². The Hall–Kier alpha value is -1.33. The molecule has 0 heterocycles. The molecule has 2 rings (SSSR count). The van der Waals surface area contributed by atoms with Crippen LogP contribution >= 0.6 is 0 Å². The molecule has 0 fully saturated rings. The van der Waals surface area contributed by atoms with Crippen LogP contribution in [-0.4, -0.2) is 20.1 Å². The van der Waals surface area contributed by atoms with Crippen molar-refractivity contribution in [3.63, 3.8) is 0 Å². The molecule has 0 aliphatic heterocycles. The average Bonchev–Trinajstić information content (AvgIpc) is 2.40. The van der Waals surface area contributed by atoms with E-state index < -0.39 is 10.0 Å². The van der Waals surface area contributed by atoms with Gasteiger partial charge in [0, 0.05) is 6.54 Å². The average molecular weight is 281 g/mol. The highest BCUT2D eigenvalue weighted by Crippen LogP contribution is 2.20. The molecular weight excluding hydrogens is 262 g/mol. The van der Waals surface area contributed by atoms with E-state index >= 15 is 0 Å². The molecule has 1 aliphatic carbocycles. The number of sulfonamides is 1. The second kappa shape index (κ2) is 6.21. The van der Waals surface area contributed by atoms with Gasteiger partial charge in [-0.2, -0.15) is 0 Å². The van der Waals surface area contributed by atoms with Crippen LogP contribution in [0.1, 0.15) is 32.1 Å². The number of hydrogen-bond donors (Lipinski definition) is 2. The first-order valence-corrected chi connectivity index (χ1v) is 8.03. The zero-order chi connectivity index (χ0) is 13.7. The van der Waals surface area contributed by atoms with Gasteiger partial charge in [0.1, 0.15) is 5.75 Å². The quantitative estimate of drug-likeness (QED) is 0.815. The van der Waals surface area contributed by atoms with Gasteiger partial charge >= 0.3 is 0 Å². The van der Waals surface area contributed by atoms with E-state index in [-0.39, 0.29) is 10.6 Å². The van der Waals surface area contributed by atoms with Crippen molar-refractivity contribution < 1.29 is 13.5 Å². The third kappa shape index (κ3) is 4.08. The molecule has 1 aromatic carbocycles. The van der Waals surface area contributed by atoms with Crippen molar-refractivity contribution in [1.82, 2.24) is 4.72 Å². The number of benzene rings is 1. The Labute approximate surface area is 114 Å². The summed E-state index contributed by atoms with van der Waals surface area (Å²) in [6.07, 6.45) is 7.63. The van der Waals surface area contributed by atoms with E-state index in [4.69, 9.17) is 5.11 Å². The van der Waals surface area contributed by atoms with Gasteiger partial charge in [-0.25, -0.2) is 13.1 Å². The Kier molecular flexibility index (Phi) is 4.61. The van der Waals surface area contributed by atoms with Crippen LogP contribution in [0.25, 0.3) is 0 Å². The Bertz CT molecular complexity index is 547. The summed E-state index contributed by atoms with van der Waals surface area (Å²) in [5.74, 6) is 0.0614. The van der Waals surface area contributed by atoms with Gasteiger partial charge in [-0.15, -0.1) is 0 Å². The van der Waals surface area contributed by atoms with Crippen LogP contribution in [0.4, 0.5) is 0 Å². The molecule has 5 heteroatoms. The van der Waals surface area contributed by atoms with Gasteiger partial charge in [0.15, 0.2) is 0 Å². The Balaban J connectivity index is 1.90. The number of phenolic OH excluding ortho intramolecular Hbond substituents is 1. The van der Waals surface area contributed by atoms with E-state index in [9.17, 15) is 8.42 Å². The zero-order valence-electron chi connectivity index (χ0n) is 10.8. The van der Waals surface area contributed by atoms with Crippen LogP contribution in [0, 0.1) is 0 Å². The topological polar surface area (TPSA) is 66.4 Å². The Morgan fingerprint density at radius 3 is 2.53 bits per heavy atom. The number of phenols is 1. The van der Waals surface area contributed by atoms with Crippen molar-refractivity contribution in [3.8, 4) is 5.75 Å². The molecule has 104 valence electrons. The molecule has 0 bridgehead atoms. The summed E-state index contributed by atoms with van der Waals surface area (Å²) in [4.78, 5) is 0.183. The second-order valence-electron chi connectivity index (χ2n) is 4.75. The van der Waals surface area contributed by atoms with Crippen molar-refractivity contribution in [1.29, 1.82) is 0 Å². The molecule has 19 heavy (non-hydrogen) atoms. The minimum absolute atomic E-state index is 0.0614. The minimum atomic E-state index is -3.47. The van der Waals surface area contributed by atoms with Gasteiger partial charge in [0.2, 0.25) is 10.0 Å². The molecular formula is C14H19NO3S. The molecule has 4 nitrogen and oxygen atoms in total. The first kappa shape index (κ1) is 14.1. The summed E-state index contributed by atoms with van der Waals surface area (Å²) >= 11 is 0. The number of aromatic hydroxyl groups is 1. The largest absolute Gasteiger partial charge is 0.508 e. The lowest BCUT2D eigenvalue weighted by molar-refractivity contribution is 0.474. The van der Waals surface area contributed by atoms with Gasteiger partial charge in [-0.1, -0.05) is 11.6 Å².